The lowest BCUT2D eigenvalue weighted by molar-refractivity contribution is 0.685. The monoisotopic (exact) mass is 313 g/mol. The summed E-state index contributed by atoms with van der Waals surface area (Å²) < 4.78 is 3.16. The van der Waals surface area contributed by atoms with Crippen molar-refractivity contribution in [2.45, 2.75) is 26.9 Å². The standard InChI is InChI=1S/C12H16BrN3S/c1-3-14-5-10-6-16(15-9(10)2)7-12-4-11(13)8-17-12/h4,6,8,14H,3,5,7H2,1-2H3. The van der Waals surface area contributed by atoms with Crippen LogP contribution in [0.1, 0.15) is 23.1 Å². The molecular weight excluding hydrogens is 298 g/mol. The number of hydrogen-bond donors (Lipinski definition) is 1. The lowest BCUT2D eigenvalue weighted by Crippen LogP contribution is -2.11. The van der Waals surface area contributed by atoms with Gasteiger partial charge in [-0.05, 0) is 35.5 Å². The molecule has 0 saturated carbocycles. The van der Waals surface area contributed by atoms with Gasteiger partial charge in [-0.2, -0.15) is 5.10 Å². The summed E-state index contributed by atoms with van der Waals surface area (Å²) in [7, 11) is 0. The summed E-state index contributed by atoms with van der Waals surface area (Å²) in [5, 5.41) is 9.97. The lowest BCUT2D eigenvalue weighted by Gasteiger charge is -1.98. The van der Waals surface area contributed by atoms with E-state index in [1.807, 2.05) is 4.68 Å². The van der Waals surface area contributed by atoms with E-state index in [2.05, 4.69) is 57.8 Å². The second kappa shape index (κ2) is 5.80. The van der Waals surface area contributed by atoms with Crippen molar-refractivity contribution in [2.24, 2.45) is 0 Å². The Labute approximate surface area is 114 Å². The van der Waals surface area contributed by atoms with Gasteiger partial charge in [-0.15, -0.1) is 11.3 Å². The molecule has 17 heavy (non-hydrogen) atoms. The number of hydrogen-bond acceptors (Lipinski definition) is 3. The summed E-state index contributed by atoms with van der Waals surface area (Å²) in [6, 6.07) is 2.14. The highest BCUT2D eigenvalue weighted by atomic mass is 79.9. The number of nitrogens with one attached hydrogen (secondary N) is 1. The first-order valence-electron chi connectivity index (χ1n) is 5.65. The van der Waals surface area contributed by atoms with E-state index in [1.54, 1.807) is 11.3 Å². The summed E-state index contributed by atoms with van der Waals surface area (Å²) in [6.45, 7) is 6.92. The van der Waals surface area contributed by atoms with Gasteiger partial charge in [0.2, 0.25) is 0 Å². The van der Waals surface area contributed by atoms with Crippen LogP contribution in [0.15, 0.2) is 22.1 Å². The molecule has 0 amide bonds. The molecule has 2 aromatic heterocycles. The highest BCUT2D eigenvalue weighted by Crippen LogP contribution is 2.20. The van der Waals surface area contributed by atoms with Gasteiger partial charge in [0, 0.05) is 33.0 Å². The zero-order chi connectivity index (χ0) is 12.3. The van der Waals surface area contributed by atoms with Crippen LogP contribution in [0.3, 0.4) is 0 Å². The van der Waals surface area contributed by atoms with Crippen molar-refractivity contribution in [3.63, 3.8) is 0 Å². The topological polar surface area (TPSA) is 29.9 Å². The van der Waals surface area contributed by atoms with Crippen LogP contribution in [-0.2, 0) is 13.1 Å². The summed E-state index contributed by atoms with van der Waals surface area (Å²) in [5.41, 5.74) is 2.39. The molecule has 0 unspecified atom stereocenters. The van der Waals surface area contributed by atoms with E-state index < -0.39 is 0 Å². The third kappa shape index (κ3) is 3.40. The predicted octanol–water partition coefficient (Wildman–Crippen LogP) is 3.17. The maximum Gasteiger partial charge on any atom is 0.0752 e. The molecule has 92 valence electrons. The molecule has 3 nitrogen and oxygen atoms in total. The van der Waals surface area contributed by atoms with Gasteiger partial charge in [-0.1, -0.05) is 6.92 Å². The van der Waals surface area contributed by atoms with Crippen LogP contribution in [0.25, 0.3) is 0 Å². The van der Waals surface area contributed by atoms with Gasteiger partial charge in [0.05, 0.1) is 12.2 Å². The van der Waals surface area contributed by atoms with Crippen molar-refractivity contribution in [2.75, 3.05) is 6.54 Å². The molecule has 0 aliphatic carbocycles. The fraction of sp³-hybridized carbons (Fsp3) is 0.417. The molecule has 1 N–H and O–H groups in total. The molecule has 2 rings (SSSR count). The number of nitrogens with zero attached hydrogens (tertiary/aromatic N) is 2. The molecule has 0 radical (unpaired) electrons. The van der Waals surface area contributed by atoms with Gasteiger partial charge in [-0.3, -0.25) is 4.68 Å². The van der Waals surface area contributed by atoms with Crippen LogP contribution in [0, 0.1) is 6.92 Å². The van der Waals surface area contributed by atoms with Gasteiger partial charge in [0.25, 0.3) is 0 Å². The van der Waals surface area contributed by atoms with E-state index in [0.717, 1.165) is 29.8 Å². The normalized spacial score (nSPS) is 11.0. The van der Waals surface area contributed by atoms with Crippen molar-refractivity contribution in [3.8, 4) is 0 Å². The maximum absolute atomic E-state index is 4.54. The minimum atomic E-state index is 0.850. The number of thiophene rings is 1. The van der Waals surface area contributed by atoms with Crippen LogP contribution in [-0.4, -0.2) is 16.3 Å². The molecule has 0 fully saturated rings. The molecule has 2 aromatic rings. The zero-order valence-corrected chi connectivity index (χ0v) is 12.4. The molecule has 0 aromatic carbocycles. The van der Waals surface area contributed by atoms with E-state index >= 15 is 0 Å². The quantitative estimate of drug-likeness (QED) is 0.919. The fourth-order valence-electron chi connectivity index (χ4n) is 1.67. The van der Waals surface area contributed by atoms with E-state index in [9.17, 15) is 0 Å². The molecule has 0 spiro atoms. The van der Waals surface area contributed by atoms with Gasteiger partial charge >= 0.3 is 0 Å². The number of aryl methyl sites for hydroxylation is 1. The Balaban J connectivity index is 2.06. The van der Waals surface area contributed by atoms with Crippen LogP contribution in [0.5, 0.6) is 0 Å². The first-order valence-corrected chi connectivity index (χ1v) is 7.33. The van der Waals surface area contributed by atoms with Crippen molar-refractivity contribution >= 4 is 27.3 Å². The van der Waals surface area contributed by atoms with Crippen LogP contribution >= 0.6 is 27.3 Å². The van der Waals surface area contributed by atoms with Gasteiger partial charge < -0.3 is 5.32 Å². The van der Waals surface area contributed by atoms with Crippen LogP contribution in [0.2, 0.25) is 0 Å². The zero-order valence-electron chi connectivity index (χ0n) is 10.0. The van der Waals surface area contributed by atoms with Crippen molar-refractivity contribution in [1.29, 1.82) is 0 Å². The molecule has 0 aliphatic rings. The van der Waals surface area contributed by atoms with Gasteiger partial charge in [-0.25, -0.2) is 0 Å². The Bertz CT molecular complexity index is 490. The Morgan fingerprint density at radius 2 is 2.35 bits per heavy atom. The van der Waals surface area contributed by atoms with Crippen molar-refractivity contribution < 1.29 is 0 Å². The lowest BCUT2D eigenvalue weighted by atomic mass is 10.2. The first-order chi connectivity index (χ1) is 8.19. The predicted molar refractivity (Wildman–Crippen MR) is 75.5 cm³/mol. The Kier molecular flexibility index (Phi) is 4.36. The minimum absolute atomic E-state index is 0.850. The summed E-state index contributed by atoms with van der Waals surface area (Å²) in [4.78, 5) is 1.31. The van der Waals surface area contributed by atoms with Gasteiger partial charge in [0.15, 0.2) is 0 Å². The second-order valence-electron chi connectivity index (χ2n) is 3.95. The number of aromatic nitrogens is 2. The van der Waals surface area contributed by atoms with Gasteiger partial charge in [0.1, 0.15) is 0 Å². The molecule has 0 atom stereocenters. The average Bonchev–Trinajstić information content (AvgIpc) is 2.83. The second-order valence-corrected chi connectivity index (χ2v) is 5.86. The number of halogens is 1. The van der Waals surface area contributed by atoms with Crippen molar-refractivity contribution in [3.05, 3.63) is 38.3 Å². The Morgan fingerprint density at radius 1 is 1.53 bits per heavy atom. The minimum Gasteiger partial charge on any atom is -0.313 e. The molecular formula is C12H16BrN3S. The highest BCUT2D eigenvalue weighted by Gasteiger charge is 2.05. The average molecular weight is 314 g/mol. The van der Waals surface area contributed by atoms with Crippen molar-refractivity contribution in [1.82, 2.24) is 15.1 Å². The SMILES string of the molecule is CCNCc1cn(Cc2cc(Br)cs2)nc1C. The van der Waals surface area contributed by atoms with E-state index in [4.69, 9.17) is 0 Å². The summed E-state index contributed by atoms with van der Waals surface area (Å²) >= 11 is 5.22. The third-order valence-corrected chi connectivity index (χ3v) is 4.24. The maximum atomic E-state index is 4.54. The molecule has 2 heterocycles. The summed E-state index contributed by atoms with van der Waals surface area (Å²) in [5.74, 6) is 0. The highest BCUT2D eigenvalue weighted by molar-refractivity contribution is 9.10. The first kappa shape index (κ1) is 12.8. The van der Waals surface area contributed by atoms with E-state index in [0.29, 0.717) is 0 Å². The Morgan fingerprint density at radius 3 is 3.00 bits per heavy atom. The Hall–Kier alpha value is -0.650. The fourth-order valence-corrected chi connectivity index (χ4v) is 3.11. The molecule has 0 saturated heterocycles. The summed E-state index contributed by atoms with van der Waals surface area (Å²) in [6.07, 6.45) is 2.13. The molecule has 0 bridgehead atoms. The third-order valence-electron chi connectivity index (χ3n) is 2.55. The smallest absolute Gasteiger partial charge is 0.0752 e. The number of rotatable bonds is 5. The molecule has 5 heteroatoms. The van der Waals surface area contributed by atoms with Crippen LogP contribution in [0.4, 0.5) is 0 Å². The molecule has 0 aliphatic heterocycles. The largest absolute Gasteiger partial charge is 0.313 e. The van der Waals surface area contributed by atoms with E-state index in [1.165, 1.54) is 10.4 Å². The van der Waals surface area contributed by atoms with E-state index in [-0.39, 0.29) is 0 Å². The van der Waals surface area contributed by atoms with Crippen LogP contribution < -0.4 is 5.32 Å².